The van der Waals surface area contributed by atoms with Crippen LogP contribution in [-0.4, -0.2) is 28.8 Å². The fourth-order valence-corrected chi connectivity index (χ4v) is 2.57. The van der Waals surface area contributed by atoms with Crippen LogP contribution in [0.5, 0.6) is 11.6 Å². The van der Waals surface area contributed by atoms with Crippen molar-refractivity contribution >= 4 is 22.9 Å². The minimum Gasteiger partial charge on any atom is -0.494 e. The normalized spacial score (nSPS) is 11.0. The maximum Gasteiger partial charge on any atom is 0.277 e. The largest absolute Gasteiger partial charge is 0.494 e. The van der Waals surface area contributed by atoms with Crippen molar-refractivity contribution in [3.8, 4) is 11.6 Å². The number of aromatic hydroxyl groups is 1. The third kappa shape index (κ3) is 4.14. The van der Waals surface area contributed by atoms with E-state index in [-0.39, 0.29) is 12.5 Å². The van der Waals surface area contributed by atoms with Gasteiger partial charge in [0.05, 0.1) is 11.8 Å². The number of hydrogen-bond acceptors (Lipinski definition) is 5. The Balaban J connectivity index is 1.67. The summed E-state index contributed by atoms with van der Waals surface area (Å²) in [6.07, 6.45) is 1.28. The molecule has 0 aliphatic carbocycles. The van der Waals surface area contributed by atoms with Gasteiger partial charge >= 0.3 is 0 Å². The molecular formula is C20H19N3O4. The van der Waals surface area contributed by atoms with E-state index in [0.717, 1.165) is 11.1 Å². The van der Waals surface area contributed by atoms with Gasteiger partial charge in [-0.2, -0.15) is 5.10 Å². The number of aromatic nitrogens is 1. The first-order chi connectivity index (χ1) is 13.0. The molecule has 0 saturated heterocycles. The number of carbonyl (C=O) groups excluding carboxylic acids is 1. The van der Waals surface area contributed by atoms with E-state index in [4.69, 9.17) is 4.74 Å². The second-order valence-corrected chi connectivity index (χ2v) is 6.09. The summed E-state index contributed by atoms with van der Waals surface area (Å²) in [5.41, 5.74) is 4.46. The minimum atomic E-state index is -0.447. The summed E-state index contributed by atoms with van der Waals surface area (Å²) in [7, 11) is 0. The highest BCUT2D eigenvalue weighted by Gasteiger charge is 2.09. The minimum absolute atomic E-state index is 0.196. The lowest BCUT2D eigenvalue weighted by molar-refractivity contribution is -0.123. The number of aromatic amines is 1. The van der Waals surface area contributed by atoms with Crippen molar-refractivity contribution in [3.63, 3.8) is 0 Å². The molecule has 138 valence electrons. The van der Waals surface area contributed by atoms with Crippen LogP contribution in [0.2, 0.25) is 0 Å². The number of carbonyl (C=O) groups is 1. The molecule has 0 aliphatic heterocycles. The van der Waals surface area contributed by atoms with E-state index in [1.807, 2.05) is 26.0 Å². The molecule has 0 fully saturated rings. The van der Waals surface area contributed by atoms with Crippen molar-refractivity contribution < 1.29 is 14.6 Å². The fourth-order valence-electron chi connectivity index (χ4n) is 2.57. The summed E-state index contributed by atoms with van der Waals surface area (Å²) in [4.78, 5) is 26.1. The van der Waals surface area contributed by atoms with Crippen LogP contribution in [0.3, 0.4) is 0 Å². The van der Waals surface area contributed by atoms with Gasteiger partial charge in [-0.25, -0.2) is 5.43 Å². The standard InChI is InChI=1S/C20H19N3O4/c1-12-7-8-14(9-13(12)2)27-11-18(24)23-21-10-17-15-5-3-4-6-16(15)19(25)22-20(17)26/h3-10H,11H2,1-2H3,(H,23,24)(H2,22,25,26). The molecule has 0 unspecified atom stereocenters. The average molecular weight is 365 g/mol. The summed E-state index contributed by atoms with van der Waals surface area (Å²) in [5.74, 6) is -0.165. The molecule has 0 atom stereocenters. The molecule has 1 aromatic heterocycles. The molecule has 7 heteroatoms. The molecule has 3 rings (SSSR count). The Morgan fingerprint density at radius 2 is 1.93 bits per heavy atom. The molecular weight excluding hydrogens is 346 g/mol. The quantitative estimate of drug-likeness (QED) is 0.477. The maximum absolute atomic E-state index is 11.9. The summed E-state index contributed by atoms with van der Waals surface area (Å²) in [5, 5.41) is 14.8. The number of ether oxygens (including phenoxy) is 1. The number of amides is 1. The van der Waals surface area contributed by atoms with Gasteiger partial charge in [-0.1, -0.05) is 24.3 Å². The highest BCUT2D eigenvalue weighted by molar-refractivity contribution is 6.01. The monoisotopic (exact) mass is 365 g/mol. The maximum atomic E-state index is 11.9. The number of pyridine rings is 1. The van der Waals surface area contributed by atoms with Gasteiger partial charge in [-0.15, -0.1) is 0 Å². The van der Waals surface area contributed by atoms with Crippen molar-refractivity contribution in [3.05, 3.63) is 69.5 Å². The van der Waals surface area contributed by atoms with E-state index in [0.29, 0.717) is 22.1 Å². The van der Waals surface area contributed by atoms with Gasteiger partial charge in [-0.3, -0.25) is 14.6 Å². The topological polar surface area (TPSA) is 104 Å². The van der Waals surface area contributed by atoms with Crippen molar-refractivity contribution in [1.82, 2.24) is 10.4 Å². The van der Waals surface area contributed by atoms with Crippen LogP contribution >= 0.6 is 0 Å². The second-order valence-electron chi connectivity index (χ2n) is 6.09. The van der Waals surface area contributed by atoms with Crippen molar-refractivity contribution in [2.75, 3.05) is 6.61 Å². The highest BCUT2D eigenvalue weighted by Crippen LogP contribution is 2.20. The Kier molecular flexibility index (Phi) is 5.21. The Hall–Kier alpha value is -3.61. The van der Waals surface area contributed by atoms with Gasteiger partial charge in [0.1, 0.15) is 5.75 Å². The van der Waals surface area contributed by atoms with Crippen LogP contribution < -0.4 is 15.7 Å². The lowest BCUT2D eigenvalue weighted by atomic mass is 10.1. The smallest absolute Gasteiger partial charge is 0.277 e. The van der Waals surface area contributed by atoms with Crippen molar-refractivity contribution in [2.45, 2.75) is 13.8 Å². The van der Waals surface area contributed by atoms with Gasteiger partial charge in [0.2, 0.25) is 5.88 Å². The van der Waals surface area contributed by atoms with Crippen molar-refractivity contribution in [2.24, 2.45) is 5.10 Å². The first-order valence-corrected chi connectivity index (χ1v) is 8.31. The molecule has 0 aliphatic rings. The van der Waals surface area contributed by atoms with E-state index in [1.165, 1.54) is 6.21 Å². The van der Waals surface area contributed by atoms with E-state index >= 15 is 0 Å². The zero-order valence-corrected chi connectivity index (χ0v) is 14.9. The first-order valence-electron chi connectivity index (χ1n) is 8.31. The Labute approximate surface area is 155 Å². The van der Waals surface area contributed by atoms with E-state index in [9.17, 15) is 14.7 Å². The Morgan fingerprint density at radius 3 is 2.67 bits per heavy atom. The number of benzene rings is 2. The molecule has 0 radical (unpaired) electrons. The Bertz CT molecular complexity index is 1090. The number of rotatable bonds is 5. The number of hydrogen-bond donors (Lipinski definition) is 3. The van der Waals surface area contributed by atoms with Gasteiger partial charge in [0.25, 0.3) is 11.5 Å². The number of nitrogens with one attached hydrogen (secondary N) is 2. The average Bonchev–Trinajstić information content (AvgIpc) is 2.65. The van der Waals surface area contributed by atoms with Crippen LogP contribution in [0.4, 0.5) is 0 Å². The summed E-state index contributed by atoms with van der Waals surface area (Å²) < 4.78 is 5.43. The molecule has 0 saturated carbocycles. The lowest BCUT2D eigenvalue weighted by Gasteiger charge is -2.07. The van der Waals surface area contributed by atoms with Crippen LogP contribution in [0, 0.1) is 13.8 Å². The Morgan fingerprint density at radius 1 is 1.19 bits per heavy atom. The molecule has 0 bridgehead atoms. The molecule has 1 amide bonds. The third-order valence-electron chi connectivity index (χ3n) is 4.18. The lowest BCUT2D eigenvalue weighted by Crippen LogP contribution is -2.24. The fraction of sp³-hybridized carbons (Fsp3) is 0.150. The zero-order valence-electron chi connectivity index (χ0n) is 14.9. The number of nitrogens with zero attached hydrogens (tertiary/aromatic N) is 1. The molecule has 1 heterocycles. The second kappa shape index (κ2) is 7.74. The molecule has 2 aromatic carbocycles. The summed E-state index contributed by atoms with van der Waals surface area (Å²) in [6, 6.07) is 12.4. The number of aryl methyl sites for hydroxylation is 2. The molecule has 3 aromatic rings. The number of fused-ring (bicyclic) bond motifs is 1. The summed E-state index contributed by atoms with van der Waals surface area (Å²) in [6.45, 7) is 3.77. The van der Waals surface area contributed by atoms with Crippen LogP contribution in [-0.2, 0) is 4.79 Å². The van der Waals surface area contributed by atoms with Gasteiger partial charge in [0, 0.05) is 10.8 Å². The van der Waals surface area contributed by atoms with Gasteiger partial charge < -0.3 is 9.84 Å². The van der Waals surface area contributed by atoms with Gasteiger partial charge in [-0.05, 0) is 43.2 Å². The SMILES string of the molecule is Cc1ccc(OCC(=O)NN=Cc2c(O)[nH]c(=O)c3ccccc23)cc1C. The number of H-pyrrole nitrogens is 1. The van der Waals surface area contributed by atoms with E-state index in [1.54, 1.807) is 30.3 Å². The van der Waals surface area contributed by atoms with Crippen LogP contribution in [0.25, 0.3) is 10.8 Å². The predicted octanol–water partition coefficient (Wildman–Crippen LogP) is 2.38. The zero-order chi connectivity index (χ0) is 19.4. The predicted molar refractivity (Wildman–Crippen MR) is 103 cm³/mol. The molecule has 0 spiro atoms. The summed E-state index contributed by atoms with van der Waals surface area (Å²) >= 11 is 0. The highest BCUT2D eigenvalue weighted by atomic mass is 16.5. The molecule has 7 nitrogen and oxygen atoms in total. The third-order valence-corrected chi connectivity index (χ3v) is 4.18. The van der Waals surface area contributed by atoms with Crippen LogP contribution in [0.15, 0.2) is 52.4 Å². The number of hydrazone groups is 1. The molecule has 3 N–H and O–H groups in total. The molecule has 27 heavy (non-hydrogen) atoms. The van der Waals surface area contributed by atoms with Crippen LogP contribution in [0.1, 0.15) is 16.7 Å². The van der Waals surface area contributed by atoms with Crippen molar-refractivity contribution in [1.29, 1.82) is 0 Å². The first kappa shape index (κ1) is 18.2. The van der Waals surface area contributed by atoms with E-state index in [2.05, 4.69) is 15.5 Å². The van der Waals surface area contributed by atoms with Gasteiger partial charge in [0.15, 0.2) is 6.61 Å². The van der Waals surface area contributed by atoms with E-state index < -0.39 is 11.5 Å².